The van der Waals surface area contributed by atoms with Gasteiger partial charge in [0.25, 0.3) is 5.91 Å². The molecule has 2 amide bonds. The normalized spacial score (nSPS) is 10.1. The summed E-state index contributed by atoms with van der Waals surface area (Å²) in [6.45, 7) is 0.674. The fourth-order valence-corrected chi connectivity index (χ4v) is 2.02. The van der Waals surface area contributed by atoms with E-state index in [2.05, 4.69) is 15.6 Å². The molecule has 0 atom stereocenters. The quantitative estimate of drug-likeness (QED) is 0.764. The van der Waals surface area contributed by atoms with Gasteiger partial charge in [-0.3, -0.25) is 14.6 Å². The molecule has 0 aliphatic heterocycles. The molecule has 0 saturated heterocycles. The van der Waals surface area contributed by atoms with Crippen LogP contribution in [0.1, 0.15) is 22.3 Å². The molecule has 120 valence electrons. The summed E-state index contributed by atoms with van der Waals surface area (Å²) in [6.07, 6.45) is 3.83. The van der Waals surface area contributed by atoms with Crippen molar-refractivity contribution < 1.29 is 14.0 Å². The number of carbonyl (C=O) groups is 2. The maximum Gasteiger partial charge on any atom is 0.252 e. The Labute approximate surface area is 133 Å². The maximum atomic E-state index is 13.0. The van der Waals surface area contributed by atoms with Crippen molar-refractivity contribution in [2.24, 2.45) is 0 Å². The number of aryl methyl sites for hydroxylation is 1. The number of nitrogens with zero attached hydrogens (tertiary/aromatic N) is 1. The predicted octanol–water partition coefficient (Wildman–Crippen LogP) is 1.70. The van der Waals surface area contributed by atoms with Gasteiger partial charge in [0.1, 0.15) is 5.82 Å². The molecule has 1 aromatic carbocycles. The van der Waals surface area contributed by atoms with Crippen LogP contribution in [-0.2, 0) is 11.2 Å². The molecule has 0 unspecified atom stereocenters. The minimum absolute atomic E-state index is 0.134. The van der Waals surface area contributed by atoms with Gasteiger partial charge in [0.2, 0.25) is 5.91 Å². The van der Waals surface area contributed by atoms with Gasteiger partial charge in [-0.05, 0) is 36.2 Å². The largest absolute Gasteiger partial charge is 0.354 e. The molecule has 0 aliphatic carbocycles. The van der Waals surface area contributed by atoms with Crippen LogP contribution in [0, 0.1) is 5.82 Å². The fraction of sp³-hybridized carbons (Fsp3) is 0.235. The molecule has 6 heteroatoms. The van der Waals surface area contributed by atoms with Crippen molar-refractivity contribution in [3.63, 3.8) is 0 Å². The average Bonchev–Trinajstić information content (AvgIpc) is 2.57. The molecule has 0 spiro atoms. The molecule has 5 nitrogen and oxygen atoms in total. The molecule has 1 aromatic heterocycles. The van der Waals surface area contributed by atoms with Crippen LogP contribution in [0.2, 0.25) is 0 Å². The molecular weight excluding hydrogens is 297 g/mol. The number of benzene rings is 1. The van der Waals surface area contributed by atoms with Gasteiger partial charge in [-0.2, -0.15) is 0 Å². The zero-order chi connectivity index (χ0) is 16.5. The highest BCUT2D eigenvalue weighted by Crippen LogP contribution is 2.05. The van der Waals surface area contributed by atoms with E-state index in [1.165, 1.54) is 18.3 Å². The molecule has 2 aromatic rings. The molecule has 0 radical (unpaired) electrons. The van der Waals surface area contributed by atoms with E-state index >= 15 is 0 Å². The van der Waals surface area contributed by atoms with Gasteiger partial charge in [0.15, 0.2) is 0 Å². The lowest BCUT2D eigenvalue weighted by molar-refractivity contribution is -0.121. The molecule has 0 bridgehead atoms. The van der Waals surface area contributed by atoms with Crippen LogP contribution < -0.4 is 10.6 Å². The number of carbonyl (C=O) groups excluding carboxylic acids is 2. The fourth-order valence-electron chi connectivity index (χ4n) is 2.02. The third kappa shape index (κ3) is 5.86. The Hall–Kier alpha value is -2.76. The lowest BCUT2D eigenvalue weighted by atomic mass is 10.1. The second-order valence-electron chi connectivity index (χ2n) is 4.98. The monoisotopic (exact) mass is 315 g/mol. The summed E-state index contributed by atoms with van der Waals surface area (Å²) in [6, 6.07) is 9.54. The summed E-state index contributed by atoms with van der Waals surface area (Å²) in [5.41, 5.74) is 1.26. The molecule has 0 aliphatic rings. The van der Waals surface area contributed by atoms with Gasteiger partial charge < -0.3 is 10.6 Å². The standard InChI is InChI=1S/C17H18FN3O2/c18-15-5-1-3-13(11-15)6-7-16(22)20-9-10-21-17(23)14-4-2-8-19-12-14/h1-5,8,11-12H,6-7,9-10H2,(H,20,22)(H,21,23). The number of hydrogen-bond acceptors (Lipinski definition) is 3. The number of nitrogens with one attached hydrogen (secondary N) is 2. The lowest BCUT2D eigenvalue weighted by Crippen LogP contribution is -2.34. The van der Waals surface area contributed by atoms with Crippen molar-refractivity contribution in [2.75, 3.05) is 13.1 Å². The Morgan fingerprint density at radius 1 is 1.09 bits per heavy atom. The molecule has 0 saturated carbocycles. The van der Waals surface area contributed by atoms with Crippen LogP contribution in [0.5, 0.6) is 0 Å². The first-order chi connectivity index (χ1) is 11.1. The van der Waals surface area contributed by atoms with Gasteiger partial charge >= 0.3 is 0 Å². The van der Waals surface area contributed by atoms with E-state index in [0.29, 0.717) is 25.1 Å². The van der Waals surface area contributed by atoms with Crippen LogP contribution >= 0.6 is 0 Å². The summed E-state index contributed by atoms with van der Waals surface area (Å²) in [5.74, 6) is -0.668. The Morgan fingerprint density at radius 2 is 1.91 bits per heavy atom. The summed E-state index contributed by atoms with van der Waals surface area (Å²) in [4.78, 5) is 27.3. The zero-order valence-corrected chi connectivity index (χ0v) is 12.6. The van der Waals surface area contributed by atoms with E-state index in [1.807, 2.05) is 0 Å². The number of hydrogen-bond donors (Lipinski definition) is 2. The minimum atomic E-state index is -0.305. The van der Waals surface area contributed by atoms with E-state index in [1.54, 1.807) is 30.5 Å². The Bertz CT molecular complexity index is 662. The van der Waals surface area contributed by atoms with Crippen molar-refractivity contribution >= 4 is 11.8 Å². The van der Waals surface area contributed by atoms with Crippen molar-refractivity contribution in [3.05, 3.63) is 65.7 Å². The third-order valence-electron chi connectivity index (χ3n) is 3.19. The number of amides is 2. The predicted molar refractivity (Wildman–Crippen MR) is 84.3 cm³/mol. The maximum absolute atomic E-state index is 13.0. The summed E-state index contributed by atoms with van der Waals surface area (Å²) in [5, 5.41) is 5.40. The number of aromatic nitrogens is 1. The van der Waals surface area contributed by atoms with E-state index < -0.39 is 0 Å². The van der Waals surface area contributed by atoms with E-state index in [-0.39, 0.29) is 24.1 Å². The van der Waals surface area contributed by atoms with Gasteiger partial charge in [0.05, 0.1) is 5.56 Å². The molecular formula is C17H18FN3O2. The minimum Gasteiger partial charge on any atom is -0.354 e. The molecule has 2 N–H and O–H groups in total. The Morgan fingerprint density at radius 3 is 2.65 bits per heavy atom. The first kappa shape index (κ1) is 16.6. The van der Waals surface area contributed by atoms with Gasteiger partial charge in [-0.15, -0.1) is 0 Å². The van der Waals surface area contributed by atoms with Gasteiger partial charge in [-0.25, -0.2) is 4.39 Å². The SMILES string of the molecule is O=C(CCc1cccc(F)c1)NCCNC(=O)c1cccnc1. The number of rotatable bonds is 7. The van der Waals surface area contributed by atoms with Crippen LogP contribution in [0.15, 0.2) is 48.8 Å². The van der Waals surface area contributed by atoms with Crippen molar-refractivity contribution in [1.82, 2.24) is 15.6 Å². The second kappa shape index (κ2) is 8.63. The Kier molecular flexibility index (Phi) is 6.23. The van der Waals surface area contributed by atoms with Crippen molar-refractivity contribution in [2.45, 2.75) is 12.8 Å². The molecule has 0 fully saturated rings. The summed E-state index contributed by atoms with van der Waals surface area (Å²) < 4.78 is 13.0. The molecule has 23 heavy (non-hydrogen) atoms. The Balaban J connectivity index is 1.62. The first-order valence-corrected chi connectivity index (χ1v) is 7.34. The van der Waals surface area contributed by atoms with E-state index in [0.717, 1.165) is 5.56 Å². The van der Waals surface area contributed by atoms with Gasteiger partial charge in [-0.1, -0.05) is 12.1 Å². The highest BCUT2D eigenvalue weighted by atomic mass is 19.1. The van der Waals surface area contributed by atoms with Crippen LogP contribution in [-0.4, -0.2) is 29.9 Å². The highest BCUT2D eigenvalue weighted by Gasteiger charge is 2.05. The average molecular weight is 315 g/mol. The zero-order valence-electron chi connectivity index (χ0n) is 12.6. The van der Waals surface area contributed by atoms with Crippen molar-refractivity contribution in [1.29, 1.82) is 0 Å². The summed E-state index contributed by atoms with van der Waals surface area (Å²) in [7, 11) is 0. The summed E-state index contributed by atoms with van der Waals surface area (Å²) >= 11 is 0. The number of halogens is 1. The van der Waals surface area contributed by atoms with E-state index in [9.17, 15) is 14.0 Å². The first-order valence-electron chi connectivity index (χ1n) is 7.34. The second-order valence-corrected chi connectivity index (χ2v) is 4.98. The van der Waals surface area contributed by atoms with Crippen molar-refractivity contribution in [3.8, 4) is 0 Å². The third-order valence-corrected chi connectivity index (χ3v) is 3.19. The molecule has 2 rings (SSSR count). The molecule has 1 heterocycles. The van der Waals surface area contributed by atoms with Crippen LogP contribution in [0.25, 0.3) is 0 Å². The topological polar surface area (TPSA) is 71.1 Å². The smallest absolute Gasteiger partial charge is 0.252 e. The van der Waals surface area contributed by atoms with Gasteiger partial charge in [0, 0.05) is 31.9 Å². The highest BCUT2D eigenvalue weighted by molar-refractivity contribution is 5.93. The van der Waals surface area contributed by atoms with Crippen LogP contribution in [0.3, 0.4) is 0 Å². The van der Waals surface area contributed by atoms with E-state index in [4.69, 9.17) is 0 Å². The lowest BCUT2D eigenvalue weighted by Gasteiger charge is -2.07. The number of pyridine rings is 1. The van der Waals surface area contributed by atoms with Crippen LogP contribution in [0.4, 0.5) is 4.39 Å².